The van der Waals surface area contributed by atoms with Crippen LogP contribution in [-0.4, -0.2) is 9.13 Å². The maximum absolute atomic E-state index is 12.5. The van der Waals surface area contributed by atoms with Crippen molar-refractivity contribution in [2.45, 2.75) is 39.3 Å². The Bertz CT molecular complexity index is 736. The Morgan fingerprint density at radius 1 is 1.21 bits per heavy atom. The number of rotatable bonds is 3. The van der Waals surface area contributed by atoms with Crippen molar-refractivity contribution in [1.82, 2.24) is 9.13 Å². The molecule has 4 heteroatoms. The molecule has 1 fully saturated rings. The summed E-state index contributed by atoms with van der Waals surface area (Å²) in [6.45, 7) is 4.51. The number of benzene rings is 1. The summed E-state index contributed by atoms with van der Waals surface area (Å²) >= 11 is 0. The molecule has 1 aromatic heterocycles. The highest BCUT2D eigenvalue weighted by atomic mass is 16.2. The molecule has 0 N–H and O–H groups in total. The minimum atomic E-state index is -0.175. The Morgan fingerprint density at radius 2 is 1.89 bits per heavy atom. The van der Waals surface area contributed by atoms with E-state index in [-0.39, 0.29) is 17.3 Å². The van der Waals surface area contributed by atoms with Gasteiger partial charge in [0.15, 0.2) is 0 Å². The molecule has 0 amide bonds. The second-order valence-corrected chi connectivity index (χ2v) is 5.62. The quantitative estimate of drug-likeness (QED) is 0.846. The molecule has 4 nitrogen and oxygen atoms in total. The van der Waals surface area contributed by atoms with Gasteiger partial charge in [0.05, 0.1) is 10.9 Å². The van der Waals surface area contributed by atoms with E-state index in [1.54, 1.807) is 10.6 Å². The molecule has 0 unspecified atom stereocenters. The highest BCUT2D eigenvalue weighted by Crippen LogP contribution is 2.29. The molecule has 100 valence electrons. The van der Waals surface area contributed by atoms with Crippen molar-refractivity contribution in [3.05, 3.63) is 45.1 Å². The summed E-state index contributed by atoms with van der Waals surface area (Å²) in [5.41, 5.74) is 0.412. The molecular formula is C15H18N2O2. The molecule has 1 saturated carbocycles. The van der Waals surface area contributed by atoms with Gasteiger partial charge in [-0.05, 0) is 44.7 Å². The van der Waals surface area contributed by atoms with E-state index in [1.807, 2.05) is 32.0 Å². The lowest BCUT2D eigenvalue weighted by Crippen LogP contribution is -2.41. The first-order valence-electron chi connectivity index (χ1n) is 6.83. The molecule has 3 rings (SSSR count). The standard InChI is InChI=1S/C15H18N2O2/c1-10(2)17-13-6-4-3-5-12(13)14(18)16(15(17)19)9-11-7-8-11/h3-6,10-11H,7-9H2,1-2H3. The van der Waals surface area contributed by atoms with E-state index >= 15 is 0 Å². The van der Waals surface area contributed by atoms with Crippen LogP contribution in [0.15, 0.2) is 33.9 Å². The van der Waals surface area contributed by atoms with E-state index in [1.165, 1.54) is 4.57 Å². The topological polar surface area (TPSA) is 44.0 Å². The van der Waals surface area contributed by atoms with Crippen LogP contribution in [0.2, 0.25) is 0 Å². The van der Waals surface area contributed by atoms with Crippen molar-refractivity contribution < 1.29 is 0 Å². The SMILES string of the molecule is CC(C)n1c(=O)n(CC2CC2)c(=O)c2ccccc21. The first-order chi connectivity index (χ1) is 9.09. The Labute approximate surface area is 111 Å². The van der Waals surface area contributed by atoms with Gasteiger partial charge in [0.25, 0.3) is 5.56 Å². The zero-order valence-electron chi connectivity index (χ0n) is 11.3. The lowest BCUT2D eigenvalue weighted by Gasteiger charge is -2.16. The van der Waals surface area contributed by atoms with Gasteiger partial charge < -0.3 is 0 Å². The van der Waals surface area contributed by atoms with Crippen LogP contribution in [0.25, 0.3) is 10.9 Å². The third kappa shape index (κ3) is 2.01. The fourth-order valence-corrected chi connectivity index (χ4v) is 2.55. The van der Waals surface area contributed by atoms with Crippen LogP contribution in [0.4, 0.5) is 0 Å². The van der Waals surface area contributed by atoms with Gasteiger partial charge in [-0.2, -0.15) is 0 Å². The average molecular weight is 258 g/mol. The monoisotopic (exact) mass is 258 g/mol. The highest BCUT2D eigenvalue weighted by molar-refractivity contribution is 5.77. The first kappa shape index (κ1) is 12.2. The van der Waals surface area contributed by atoms with Gasteiger partial charge in [-0.1, -0.05) is 12.1 Å². The third-order valence-electron chi connectivity index (χ3n) is 3.73. The van der Waals surface area contributed by atoms with E-state index < -0.39 is 0 Å². The molecule has 1 aliphatic carbocycles. The molecule has 1 aliphatic rings. The van der Waals surface area contributed by atoms with Crippen LogP contribution >= 0.6 is 0 Å². The fourth-order valence-electron chi connectivity index (χ4n) is 2.55. The molecule has 0 saturated heterocycles. The van der Waals surface area contributed by atoms with Crippen LogP contribution in [0.3, 0.4) is 0 Å². The van der Waals surface area contributed by atoms with Crippen LogP contribution in [0.1, 0.15) is 32.7 Å². The van der Waals surface area contributed by atoms with Crippen LogP contribution in [0, 0.1) is 5.92 Å². The van der Waals surface area contributed by atoms with Gasteiger partial charge in [0, 0.05) is 12.6 Å². The van der Waals surface area contributed by atoms with E-state index in [0.29, 0.717) is 17.8 Å². The minimum absolute atomic E-state index is 0.0449. The Balaban J connectivity index is 2.37. The third-order valence-corrected chi connectivity index (χ3v) is 3.73. The van der Waals surface area contributed by atoms with Crippen molar-refractivity contribution in [3.63, 3.8) is 0 Å². The molecule has 2 aromatic rings. The summed E-state index contributed by atoms with van der Waals surface area (Å²) in [4.78, 5) is 25.0. The van der Waals surface area contributed by atoms with Crippen LogP contribution in [0.5, 0.6) is 0 Å². The van der Waals surface area contributed by atoms with Gasteiger partial charge in [-0.25, -0.2) is 4.79 Å². The molecular weight excluding hydrogens is 240 g/mol. The molecule has 19 heavy (non-hydrogen) atoms. The summed E-state index contributed by atoms with van der Waals surface area (Å²) in [5.74, 6) is 0.507. The molecule has 0 aliphatic heterocycles. The molecule has 1 heterocycles. The normalized spacial score (nSPS) is 15.3. The second kappa shape index (κ2) is 4.37. The number of aromatic nitrogens is 2. The zero-order valence-corrected chi connectivity index (χ0v) is 11.3. The molecule has 0 spiro atoms. The molecule has 0 bridgehead atoms. The fraction of sp³-hybridized carbons (Fsp3) is 0.467. The van der Waals surface area contributed by atoms with Gasteiger partial charge in [0.2, 0.25) is 0 Å². The predicted molar refractivity (Wildman–Crippen MR) is 75.6 cm³/mol. The number of hydrogen-bond acceptors (Lipinski definition) is 2. The van der Waals surface area contributed by atoms with Crippen molar-refractivity contribution >= 4 is 10.9 Å². The lowest BCUT2D eigenvalue weighted by molar-refractivity contribution is 0.507. The minimum Gasteiger partial charge on any atom is -0.291 e. The Morgan fingerprint density at radius 3 is 2.53 bits per heavy atom. The van der Waals surface area contributed by atoms with Crippen molar-refractivity contribution in [1.29, 1.82) is 0 Å². The summed E-state index contributed by atoms with van der Waals surface area (Å²) in [6, 6.07) is 7.41. The lowest BCUT2D eigenvalue weighted by atomic mass is 10.2. The summed E-state index contributed by atoms with van der Waals surface area (Å²) in [7, 11) is 0. The molecule has 0 radical (unpaired) electrons. The smallest absolute Gasteiger partial charge is 0.291 e. The van der Waals surface area contributed by atoms with E-state index in [4.69, 9.17) is 0 Å². The zero-order chi connectivity index (χ0) is 13.6. The Hall–Kier alpha value is -1.84. The van der Waals surface area contributed by atoms with Crippen LogP contribution in [-0.2, 0) is 6.54 Å². The number of nitrogens with zero attached hydrogens (tertiary/aromatic N) is 2. The first-order valence-corrected chi connectivity index (χ1v) is 6.83. The van der Waals surface area contributed by atoms with Crippen molar-refractivity contribution in [2.75, 3.05) is 0 Å². The van der Waals surface area contributed by atoms with Gasteiger partial charge in [-0.3, -0.25) is 13.9 Å². The van der Waals surface area contributed by atoms with E-state index in [9.17, 15) is 9.59 Å². The molecule has 0 atom stereocenters. The van der Waals surface area contributed by atoms with Gasteiger partial charge in [-0.15, -0.1) is 0 Å². The predicted octanol–water partition coefficient (Wildman–Crippen LogP) is 2.15. The summed E-state index contributed by atoms with van der Waals surface area (Å²) in [5, 5.41) is 0.636. The highest BCUT2D eigenvalue weighted by Gasteiger charge is 2.24. The number of para-hydroxylation sites is 1. The number of fused-ring (bicyclic) bond motifs is 1. The summed E-state index contributed by atoms with van der Waals surface area (Å²) in [6.07, 6.45) is 2.25. The van der Waals surface area contributed by atoms with Crippen molar-refractivity contribution in [2.24, 2.45) is 5.92 Å². The second-order valence-electron chi connectivity index (χ2n) is 5.62. The average Bonchev–Trinajstić information content (AvgIpc) is 3.18. The van der Waals surface area contributed by atoms with Gasteiger partial charge in [0.1, 0.15) is 0 Å². The van der Waals surface area contributed by atoms with Gasteiger partial charge >= 0.3 is 5.69 Å². The summed E-state index contributed by atoms with van der Waals surface area (Å²) < 4.78 is 3.14. The largest absolute Gasteiger partial charge is 0.331 e. The van der Waals surface area contributed by atoms with E-state index in [2.05, 4.69) is 0 Å². The molecule has 1 aromatic carbocycles. The Kier molecular flexibility index (Phi) is 2.81. The van der Waals surface area contributed by atoms with Crippen molar-refractivity contribution in [3.8, 4) is 0 Å². The maximum Gasteiger partial charge on any atom is 0.331 e. The number of hydrogen-bond donors (Lipinski definition) is 0. The maximum atomic E-state index is 12.5. The van der Waals surface area contributed by atoms with Crippen LogP contribution < -0.4 is 11.2 Å². The van der Waals surface area contributed by atoms with E-state index in [0.717, 1.165) is 18.4 Å².